The van der Waals surface area contributed by atoms with E-state index in [9.17, 15) is 54.2 Å². The molecule has 1 fully saturated rings. The minimum absolute atomic E-state index is 0.0173. The first-order chi connectivity index (χ1) is 24.5. The Morgan fingerprint density at radius 2 is 1.66 bits per heavy atom. The average Bonchev–Trinajstić information content (AvgIpc) is 3.08. The molecule has 0 amide bonds. The zero-order chi connectivity index (χ0) is 40.0. The van der Waals surface area contributed by atoms with Crippen molar-refractivity contribution < 1.29 is 87.9 Å². The molecule has 5 rings (SSSR count). The zero-order valence-corrected chi connectivity index (χ0v) is 30.1. The van der Waals surface area contributed by atoms with Crippen LogP contribution in [0, 0.1) is 0 Å². The highest BCUT2D eigenvalue weighted by molar-refractivity contribution is 7.72. The summed E-state index contributed by atoms with van der Waals surface area (Å²) in [4.78, 5) is 74.2. The molecule has 14 N–H and O–H groups in total. The third-order valence-corrected chi connectivity index (χ3v) is 13.3. The van der Waals surface area contributed by atoms with Crippen molar-refractivity contribution in [1.82, 2.24) is 0 Å². The van der Waals surface area contributed by atoms with Crippen LogP contribution in [-0.4, -0.2) is 123 Å². The highest BCUT2D eigenvalue weighted by Gasteiger charge is 2.58. The Labute approximate surface area is 301 Å². The van der Waals surface area contributed by atoms with Gasteiger partial charge in [0, 0.05) is 48.4 Å². The third kappa shape index (κ3) is 7.71. The summed E-state index contributed by atoms with van der Waals surface area (Å²) in [5, 5.41) is 59.6. The van der Waals surface area contributed by atoms with E-state index in [1.165, 1.54) is 25.3 Å². The van der Waals surface area contributed by atoms with E-state index in [2.05, 4.69) is 0 Å². The largest absolute Gasteiger partial charge is 0.507 e. The number of rotatable bonds is 10. The maximum absolute atomic E-state index is 13.6. The number of aliphatic hydroxyl groups excluding tert-OH is 2. The number of methoxy groups -OCH3 is 1. The maximum Gasteiger partial charge on any atom is 0.369 e. The molecule has 0 saturated carbocycles. The first-order valence-corrected chi connectivity index (χ1v) is 19.2. The van der Waals surface area contributed by atoms with Gasteiger partial charge in [0.15, 0.2) is 17.9 Å². The number of carbonyl (C=O) groups is 3. The number of hydrogen-bond acceptors (Lipinski definition) is 16. The van der Waals surface area contributed by atoms with Gasteiger partial charge in [-0.25, -0.2) is 0 Å². The molecule has 0 bridgehead atoms. The van der Waals surface area contributed by atoms with Crippen LogP contribution >= 0.6 is 15.2 Å². The quantitative estimate of drug-likeness (QED) is 0.0841. The van der Waals surface area contributed by atoms with Gasteiger partial charge in [-0.15, -0.1) is 0 Å². The minimum atomic E-state index is -5.30. The molecule has 1 aliphatic heterocycles. The second-order valence-corrected chi connectivity index (χ2v) is 16.9. The van der Waals surface area contributed by atoms with Crippen LogP contribution in [0.25, 0.3) is 0 Å². The standard InChI is InChI=1S/C27H29NO11.C4H13NO7P2/c1-10-22(31)13(28)6-17(38-10)39-15-8-27(36,16(30)9-29)7-12-19(15)26(35)21-20(24(12)33)23(32)11-4-3-5-14(37-2)18(11)25(21)34;5-3-1-2-4(6,13(7,8)9)14(10,11)12/h3-5,10,13,15,17,22,29,31,33,35-36H,6-9,28H2,1-2H3;6H,1-3,5H2,(H2,7,8,9)(H2,10,11,12)/t10-,13-,15-,17-,22+,27-;/m0./s1. The lowest BCUT2D eigenvalue weighted by molar-refractivity contribution is -0.247. The Morgan fingerprint density at radius 3 is 2.19 bits per heavy atom. The van der Waals surface area contributed by atoms with Crippen LogP contribution in [0.15, 0.2) is 18.2 Å². The van der Waals surface area contributed by atoms with Crippen LogP contribution in [0.1, 0.15) is 81.7 Å². The average molecular weight is 793 g/mol. The van der Waals surface area contributed by atoms with Crippen molar-refractivity contribution >= 4 is 32.5 Å². The topological polar surface area (TPSA) is 367 Å². The summed E-state index contributed by atoms with van der Waals surface area (Å²) < 4.78 is 38.4. The SMILES string of the molecule is COc1cccc2c1C(=O)c1c(O)c3c(c(O)c1C2=O)C[C@@](O)(C(=O)CO)C[C@@H]3O[C@H]1C[C@H](N)[C@H](O)[C@H](C)O1.NCCCC(O)(P(=O)(O)O)P(=O)(O)O. The van der Waals surface area contributed by atoms with E-state index in [0.717, 1.165) is 0 Å². The number of aliphatic hydroxyl groups is 4. The fraction of sp³-hybridized carbons (Fsp3) is 0.516. The second-order valence-electron chi connectivity index (χ2n) is 12.9. The van der Waals surface area contributed by atoms with E-state index in [4.69, 9.17) is 45.3 Å². The molecule has 2 aromatic carbocycles. The van der Waals surface area contributed by atoms with Gasteiger partial charge in [0.2, 0.25) is 5.78 Å². The number of hydrogen-bond donors (Lipinski definition) is 12. The molecule has 0 spiro atoms. The number of ether oxygens (including phenoxy) is 3. The first kappa shape index (κ1) is 42.6. The molecule has 1 saturated heterocycles. The Morgan fingerprint density at radius 1 is 1.06 bits per heavy atom. The molecular weight excluding hydrogens is 750 g/mol. The number of phenols is 2. The minimum Gasteiger partial charge on any atom is -0.507 e. The molecule has 2 aliphatic carbocycles. The molecule has 22 heteroatoms. The van der Waals surface area contributed by atoms with Gasteiger partial charge >= 0.3 is 15.2 Å². The molecule has 0 radical (unpaired) electrons. The number of Topliss-reactive ketones (excluding diaryl/α,β-unsaturated/α-hetero) is 1. The van der Waals surface area contributed by atoms with Gasteiger partial charge in [-0.05, 0) is 26.0 Å². The number of nitrogens with two attached hydrogens (primary N) is 2. The number of fused-ring (bicyclic) bond motifs is 3. The van der Waals surface area contributed by atoms with Crippen molar-refractivity contribution in [3.63, 3.8) is 0 Å². The van der Waals surface area contributed by atoms with Crippen LogP contribution < -0.4 is 16.2 Å². The van der Waals surface area contributed by atoms with Gasteiger partial charge in [0.05, 0.1) is 42.1 Å². The van der Waals surface area contributed by atoms with E-state index in [1.54, 1.807) is 6.92 Å². The third-order valence-electron chi connectivity index (χ3n) is 9.45. The molecule has 1 heterocycles. The normalized spacial score (nSPS) is 25.8. The van der Waals surface area contributed by atoms with Crippen molar-refractivity contribution in [2.24, 2.45) is 11.5 Å². The molecule has 294 valence electrons. The number of ketones is 3. The molecule has 0 unspecified atom stereocenters. The predicted molar refractivity (Wildman–Crippen MR) is 179 cm³/mol. The Balaban J connectivity index is 0.000000381. The summed E-state index contributed by atoms with van der Waals surface area (Å²) in [7, 11) is -9.28. The molecule has 3 aliphatic rings. The van der Waals surface area contributed by atoms with E-state index >= 15 is 0 Å². The summed E-state index contributed by atoms with van der Waals surface area (Å²) in [6.45, 7) is 0.520. The highest BCUT2D eigenvalue weighted by Crippen LogP contribution is 2.69. The van der Waals surface area contributed by atoms with E-state index in [1.807, 2.05) is 0 Å². The zero-order valence-electron chi connectivity index (χ0n) is 28.4. The Bertz CT molecular complexity index is 1840. The molecule has 0 aromatic heterocycles. The van der Waals surface area contributed by atoms with Gasteiger partial charge in [0.25, 0.3) is 5.08 Å². The van der Waals surface area contributed by atoms with Crippen molar-refractivity contribution in [2.75, 3.05) is 20.3 Å². The number of aromatic hydroxyl groups is 2. The smallest absolute Gasteiger partial charge is 0.369 e. The van der Waals surface area contributed by atoms with Crippen LogP contribution in [0.2, 0.25) is 0 Å². The summed E-state index contributed by atoms with van der Waals surface area (Å²) in [6.07, 6.45) is -5.98. The fourth-order valence-electron chi connectivity index (χ4n) is 6.55. The van der Waals surface area contributed by atoms with Gasteiger partial charge < -0.3 is 75.9 Å². The number of carbonyl (C=O) groups excluding carboxylic acids is 3. The van der Waals surface area contributed by atoms with Crippen molar-refractivity contribution in [3.05, 3.63) is 51.6 Å². The summed E-state index contributed by atoms with van der Waals surface area (Å²) in [5.74, 6) is -3.77. The highest BCUT2D eigenvalue weighted by atomic mass is 31.2. The lowest BCUT2D eigenvalue weighted by Crippen LogP contribution is -2.53. The van der Waals surface area contributed by atoms with Crippen LogP contribution in [0.5, 0.6) is 17.2 Å². The fourth-order valence-corrected chi connectivity index (χ4v) is 8.81. The molecule has 2 aromatic rings. The van der Waals surface area contributed by atoms with Gasteiger partial charge in [-0.1, -0.05) is 12.1 Å². The van der Waals surface area contributed by atoms with Crippen molar-refractivity contribution in [3.8, 4) is 17.2 Å². The van der Waals surface area contributed by atoms with E-state index in [0.29, 0.717) is 0 Å². The lowest BCUT2D eigenvalue weighted by atomic mass is 9.72. The maximum atomic E-state index is 13.6. The summed E-state index contributed by atoms with van der Waals surface area (Å²) in [5.41, 5.74) is 7.38. The first-order valence-electron chi connectivity index (χ1n) is 16.0. The molecule has 6 atom stereocenters. The number of benzene rings is 2. The van der Waals surface area contributed by atoms with Crippen LogP contribution in [-0.2, 0) is 29.8 Å². The van der Waals surface area contributed by atoms with E-state index < -0.39 is 122 Å². The van der Waals surface area contributed by atoms with Gasteiger partial charge in [-0.3, -0.25) is 23.5 Å². The molecule has 53 heavy (non-hydrogen) atoms. The predicted octanol–water partition coefficient (Wildman–Crippen LogP) is -1.27. The van der Waals surface area contributed by atoms with Crippen molar-refractivity contribution in [1.29, 1.82) is 0 Å². The molecular formula is C31H42N2O18P2. The lowest BCUT2D eigenvalue weighted by Gasteiger charge is -2.42. The monoisotopic (exact) mass is 792 g/mol. The van der Waals surface area contributed by atoms with Gasteiger partial charge in [0.1, 0.15) is 29.5 Å². The van der Waals surface area contributed by atoms with Crippen LogP contribution in [0.3, 0.4) is 0 Å². The summed E-state index contributed by atoms with van der Waals surface area (Å²) >= 11 is 0. The van der Waals surface area contributed by atoms with Crippen molar-refractivity contribution in [2.45, 2.75) is 80.4 Å². The summed E-state index contributed by atoms with van der Waals surface area (Å²) in [6, 6.07) is 3.64. The molecule has 20 nitrogen and oxygen atoms in total. The van der Waals surface area contributed by atoms with Crippen LogP contribution in [0.4, 0.5) is 0 Å². The Hall–Kier alpha value is -3.17. The second kappa shape index (κ2) is 15.5. The number of phenolic OH excluding ortho intramolecular Hbond substituents is 2. The van der Waals surface area contributed by atoms with E-state index in [-0.39, 0.29) is 47.4 Å². The van der Waals surface area contributed by atoms with Gasteiger partial charge in [-0.2, -0.15) is 0 Å². The Kier molecular flexibility index (Phi) is 12.5.